The van der Waals surface area contributed by atoms with Gasteiger partial charge >= 0.3 is 0 Å². The van der Waals surface area contributed by atoms with Crippen LogP contribution < -0.4 is 5.73 Å². The van der Waals surface area contributed by atoms with Crippen LogP contribution in [0.3, 0.4) is 0 Å². The van der Waals surface area contributed by atoms with Crippen LogP contribution in [0.4, 0.5) is 0 Å². The first kappa shape index (κ1) is 32.9. The number of hydrogen-bond acceptors (Lipinski definition) is 3. The van der Waals surface area contributed by atoms with Crippen LogP contribution in [0.25, 0.3) is 0 Å². The maximum absolute atomic E-state index is 9.72. The Hall–Kier alpha value is -0.120. The van der Waals surface area contributed by atoms with E-state index >= 15 is 0 Å². The Labute approximate surface area is 208 Å². The summed E-state index contributed by atoms with van der Waals surface area (Å²) in [5.74, 6) is 0. The van der Waals surface area contributed by atoms with Crippen molar-refractivity contribution in [3.8, 4) is 0 Å². The van der Waals surface area contributed by atoms with Gasteiger partial charge in [-0.15, -0.1) is 0 Å². The van der Waals surface area contributed by atoms with Gasteiger partial charge in [-0.25, -0.2) is 0 Å². The predicted octanol–water partition coefficient (Wildman–Crippen LogP) is 8.83. The fourth-order valence-corrected chi connectivity index (χ4v) is 4.83. The van der Waals surface area contributed by atoms with E-state index in [0.29, 0.717) is 0 Å². The standard InChI is InChI=1S/C30H63NO2/c1-2-3-4-5-6-7-8-9-10-11-12-13-14-15-16-17-18-19-20-21-22-23-24-25-26-27-30(33)29(31)28-32/h29-30,32-33H,2-28,31H2,1H3. The van der Waals surface area contributed by atoms with Gasteiger partial charge in [-0.1, -0.05) is 167 Å². The highest BCUT2D eigenvalue weighted by molar-refractivity contribution is 4.70. The van der Waals surface area contributed by atoms with Crippen LogP contribution in [0.1, 0.15) is 174 Å². The van der Waals surface area contributed by atoms with Crippen LogP contribution in [0.5, 0.6) is 0 Å². The van der Waals surface area contributed by atoms with Gasteiger partial charge in [0, 0.05) is 0 Å². The molecule has 2 unspecified atom stereocenters. The van der Waals surface area contributed by atoms with E-state index in [0.717, 1.165) is 12.8 Å². The molecule has 0 aromatic carbocycles. The number of hydrogen-bond donors (Lipinski definition) is 3. The molecule has 0 aliphatic heterocycles. The van der Waals surface area contributed by atoms with E-state index in [1.165, 1.54) is 154 Å². The molecule has 0 fully saturated rings. The minimum atomic E-state index is -0.542. The lowest BCUT2D eigenvalue weighted by Gasteiger charge is -2.15. The van der Waals surface area contributed by atoms with E-state index in [4.69, 9.17) is 10.8 Å². The fraction of sp³-hybridized carbons (Fsp3) is 1.00. The van der Waals surface area contributed by atoms with Crippen LogP contribution >= 0.6 is 0 Å². The molecule has 0 aromatic heterocycles. The van der Waals surface area contributed by atoms with Gasteiger partial charge in [-0.05, 0) is 6.42 Å². The largest absolute Gasteiger partial charge is 0.395 e. The molecule has 3 nitrogen and oxygen atoms in total. The molecule has 0 aliphatic carbocycles. The van der Waals surface area contributed by atoms with Crippen molar-refractivity contribution in [3.63, 3.8) is 0 Å². The Kier molecular flexibility index (Phi) is 28.0. The molecule has 0 saturated heterocycles. The molecule has 0 rings (SSSR count). The minimum absolute atomic E-state index is 0.124. The molecule has 0 amide bonds. The highest BCUT2D eigenvalue weighted by Crippen LogP contribution is 2.16. The van der Waals surface area contributed by atoms with E-state index in [9.17, 15) is 5.11 Å². The van der Waals surface area contributed by atoms with Crippen molar-refractivity contribution in [3.05, 3.63) is 0 Å². The first-order valence-corrected chi connectivity index (χ1v) is 15.3. The van der Waals surface area contributed by atoms with Crippen molar-refractivity contribution in [2.75, 3.05) is 6.61 Å². The summed E-state index contributed by atoms with van der Waals surface area (Å²) in [6.45, 7) is 2.17. The molecule has 0 spiro atoms. The highest BCUT2D eigenvalue weighted by atomic mass is 16.3. The van der Waals surface area contributed by atoms with Crippen molar-refractivity contribution in [2.24, 2.45) is 5.73 Å². The first-order valence-electron chi connectivity index (χ1n) is 15.3. The molecule has 200 valence electrons. The van der Waals surface area contributed by atoms with Crippen molar-refractivity contribution in [2.45, 2.75) is 186 Å². The zero-order valence-electron chi connectivity index (χ0n) is 22.7. The molecule has 0 heterocycles. The molecule has 0 aliphatic rings. The van der Waals surface area contributed by atoms with E-state index in [2.05, 4.69) is 6.92 Å². The van der Waals surface area contributed by atoms with Crippen LogP contribution in [-0.4, -0.2) is 29.0 Å². The molecular weight excluding hydrogens is 406 g/mol. The Morgan fingerprint density at radius 2 is 0.697 bits per heavy atom. The molecule has 0 radical (unpaired) electrons. The molecule has 0 bridgehead atoms. The summed E-state index contributed by atoms with van der Waals surface area (Å²) in [6.07, 6.45) is 35.2. The second-order valence-electron chi connectivity index (χ2n) is 10.7. The van der Waals surface area contributed by atoms with Gasteiger partial charge in [0.15, 0.2) is 0 Å². The maximum atomic E-state index is 9.72. The monoisotopic (exact) mass is 469 g/mol. The summed E-state index contributed by atoms with van der Waals surface area (Å²) >= 11 is 0. The van der Waals surface area contributed by atoms with Gasteiger partial charge in [0.05, 0.1) is 18.8 Å². The van der Waals surface area contributed by atoms with Crippen molar-refractivity contribution in [1.82, 2.24) is 0 Å². The number of nitrogens with two attached hydrogens (primary N) is 1. The van der Waals surface area contributed by atoms with Gasteiger partial charge in [0.25, 0.3) is 0 Å². The molecular formula is C30H63NO2. The maximum Gasteiger partial charge on any atom is 0.0713 e. The normalized spacial score (nSPS) is 13.5. The first-order chi connectivity index (χ1) is 16.2. The van der Waals surface area contributed by atoms with E-state index < -0.39 is 12.1 Å². The topological polar surface area (TPSA) is 66.5 Å². The summed E-state index contributed by atoms with van der Waals surface area (Å²) in [5, 5.41) is 18.6. The number of aliphatic hydroxyl groups excluding tert-OH is 2. The van der Waals surface area contributed by atoms with E-state index in [-0.39, 0.29) is 6.61 Å². The number of rotatable bonds is 28. The van der Waals surface area contributed by atoms with Crippen molar-refractivity contribution >= 4 is 0 Å². The Bertz CT molecular complexity index is 350. The fourth-order valence-electron chi connectivity index (χ4n) is 4.83. The average molecular weight is 470 g/mol. The Morgan fingerprint density at radius 1 is 0.455 bits per heavy atom. The molecule has 33 heavy (non-hydrogen) atoms. The van der Waals surface area contributed by atoms with Gasteiger partial charge in [-0.3, -0.25) is 0 Å². The zero-order chi connectivity index (χ0) is 24.2. The SMILES string of the molecule is CCCCCCCCCCCCCCCCCCCCCCCCCCCC(O)C(N)CO. The third kappa shape index (κ3) is 26.3. The second kappa shape index (κ2) is 28.1. The Balaban J connectivity index is 3.06. The van der Waals surface area contributed by atoms with E-state index in [1.807, 2.05) is 0 Å². The number of aliphatic hydroxyl groups is 2. The van der Waals surface area contributed by atoms with Gasteiger partial charge in [-0.2, -0.15) is 0 Å². The second-order valence-corrected chi connectivity index (χ2v) is 10.7. The lowest BCUT2D eigenvalue weighted by atomic mass is 10.0. The predicted molar refractivity (Wildman–Crippen MR) is 147 cm³/mol. The third-order valence-corrected chi connectivity index (χ3v) is 7.31. The van der Waals surface area contributed by atoms with E-state index in [1.54, 1.807) is 0 Å². The molecule has 0 saturated carbocycles. The van der Waals surface area contributed by atoms with Crippen LogP contribution in [0.15, 0.2) is 0 Å². The van der Waals surface area contributed by atoms with Gasteiger partial charge in [0.1, 0.15) is 0 Å². The summed E-state index contributed by atoms with van der Waals surface area (Å²) < 4.78 is 0. The Morgan fingerprint density at radius 3 is 0.939 bits per heavy atom. The van der Waals surface area contributed by atoms with Crippen LogP contribution in [0, 0.1) is 0 Å². The molecule has 3 heteroatoms. The summed E-state index contributed by atoms with van der Waals surface area (Å²) in [5.41, 5.74) is 5.62. The van der Waals surface area contributed by atoms with Crippen molar-refractivity contribution < 1.29 is 10.2 Å². The van der Waals surface area contributed by atoms with Gasteiger partial charge in [0.2, 0.25) is 0 Å². The summed E-state index contributed by atoms with van der Waals surface area (Å²) in [7, 11) is 0. The number of unbranched alkanes of at least 4 members (excludes halogenated alkanes) is 24. The lowest BCUT2D eigenvalue weighted by Crippen LogP contribution is -2.37. The summed E-state index contributed by atoms with van der Waals surface area (Å²) in [6, 6.07) is -0.473. The van der Waals surface area contributed by atoms with Crippen molar-refractivity contribution in [1.29, 1.82) is 0 Å². The smallest absolute Gasteiger partial charge is 0.0713 e. The van der Waals surface area contributed by atoms with Crippen LogP contribution in [0.2, 0.25) is 0 Å². The minimum Gasteiger partial charge on any atom is -0.395 e. The molecule has 0 aromatic rings. The molecule has 4 N–H and O–H groups in total. The quantitative estimate of drug-likeness (QED) is 0.100. The summed E-state index contributed by atoms with van der Waals surface area (Å²) in [4.78, 5) is 0. The zero-order valence-corrected chi connectivity index (χ0v) is 22.7. The van der Waals surface area contributed by atoms with Gasteiger partial charge < -0.3 is 15.9 Å². The third-order valence-electron chi connectivity index (χ3n) is 7.31. The van der Waals surface area contributed by atoms with Crippen LogP contribution in [-0.2, 0) is 0 Å². The molecule has 2 atom stereocenters. The lowest BCUT2D eigenvalue weighted by molar-refractivity contribution is 0.0990. The highest BCUT2D eigenvalue weighted by Gasteiger charge is 2.12. The average Bonchev–Trinajstić information content (AvgIpc) is 2.83.